The second-order valence-electron chi connectivity index (χ2n) is 5.79. The smallest absolute Gasteiger partial charge is 0.398 e. The van der Waals surface area contributed by atoms with Gasteiger partial charge >= 0.3 is 6.18 Å². The third-order valence-electron chi connectivity index (χ3n) is 3.62. The van der Waals surface area contributed by atoms with E-state index in [0.29, 0.717) is 11.6 Å². The van der Waals surface area contributed by atoms with Crippen molar-refractivity contribution in [2.75, 3.05) is 17.2 Å². The highest BCUT2D eigenvalue weighted by atomic mass is 19.4. The van der Waals surface area contributed by atoms with Gasteiger partial charge in [-0.15, -0.1) is 0 Å². The molecule has 2 N–H and O–H groups in total. The van der Waals surface area contributed by atoms with Gasteiger partial charge in [-0.05, 0) is 37.0 Å². The zero-order valence-corrected chi connectivity index (χ0v) is 13.2. The summed E-state index contributed by atoms with van der Waals surface area (Å²) in [4.78, 5) is 2.07. The first kappa shape index (κ1) is 17.7. The Morgan fingerprint density at radius 2 is 1.71 bits per heavy atom. The van der Waals surface area contributed by atoms with Gasteiger partial charge in [0.1, 0.15) is 0 Å². The highest BCUT2D eigenvalue weighted by molar-refractivity contribution is 5.60. The lowest BCUT2D eigenvalue weighted by atomic mass is 10.0. The van der Waals surface area contributed by atoms with Gasteiger partial charge in [-0.3, -0.25) is 0 Å². The highest BCUT2D eigenvalue weighted by Gasteiger charge is 2.33. The van der Waals surface area contributed by atoms with Gasteiger partial charge in [-0.2, -0.15) is 13.2 Å². The lowest BCUT2D eigenvalue weighted by Gasteiger charge is -2.34. The van der Waals surface area contributed by atoms with Crippen molar-refractivity contribution in [3.05, 3.63) is 23.8 Å². The molecule has 0 radical (unpaired) electrons. The Balaban J connectivity index is 3.25. The summed E-state index contributed by atoms with van der Waals surface area (Å²) in [6.45, 7) is 8.98. The second kappa shape index (κ2) is 7.05. The van der Waals surface area contributed by atoms with Crippen LogP contribution in [0.4, 0.5) is 24.5 Å². The maximum absolute atomic E-state index is 13.0. The van der Waals surface area contributed by atoms with Crippen LogP contribution in [0, 0.1) is 5.92 Å². The van der Waals surface area contributed by atoms with Crippen molar-refractivity contribution < 1.29 is 13.2 Å². The van der Waals surface area contributed by atoms with Crippen LogP contribution in [0.25, 0.3) is 0 Å². The molecule has 0 atom stereocenters. The molecular formula is C16H25F3N2. The Morgan fingerprint density at radius 3 is 2.14 bits per heavy atom. The van der Waals surface area contributed by atoms with Gasteiger partial charge in [0, 0.05) is 24.0 Å². The van der Waals surface area contributed by atoms with E-state index in [4.69, 9.17) is 5.73 Å². The minimum Gasteiger partial charge on any atom is -0.398 e. The summed E-state index contributed by atoms with van der Waals surface area (Å²) in [7, 11) is 0. The van der Waals surface area contributed by atoms with Crippen LogP contribution in [0.15, 0.2) is 18.2 Å². The molecular weight excluding hydrogens is 277 g/mol. The average Bonchev–Trinajstić information content (AvgIpc) is 2.37. The summed E-state index contributed by atoms with van der Waals surface area (Å²) >= 11 is 0. The molecule has 0 aliphatic heterocycles. The third kappa shape index (κ3) is 4.55. The molecule has 0 aliphatic carbocycles. The SMILES string of the molecule is CCC(CC)N(CC(C)C)c1ccc(N)c(C(F)(F)F)c1. The fourth-order valence-corrected chi connectivity index (χ4v) is 2.56. The minimum absolute atomic E-state index is 0.222. The van der Waals surface area contributed by atoms with E-state index in [1.807, 2.05) is 0 Å². The molecule has 0 fully saturated rings. The molecule has 1 aromatic rings. The molecule has 0 heterocycles. The first-order valence-corrected chi connectivity index (χ1v) is 7.44. The predicted molar refractivity (Wildman–Crippen MR) is 82.4 cm³/mol. The monoisotopic (exact) mass is 302 g/mol. The van der Waals surface area contributed by atoms with Gasteiger partial charge in [0.15, 0.2) is 0 Å². The van der Waals surface area contributed by atoms with Crippen LogP contribution in [0.2, 0.25) is 0 Å². The number of nitrogen functional groups attached to an aromatic ring is 1. The summed E-state index contributed by atoms with van der Waals surface area (Å²) in [5, 5.41) is 0. The maximum Gasteiger partial charge on any atom is 0.418 e. The fraction of sp³-hybridized carbons (Fsp3) is 0.625. The molecule has 0 unspecified atom stereocenters. The Bertz CT molecular complexity index is 451. The van der Waals surface area contributed by atoms with E-state index in [9.17, 15) is 13.2 Å². The second-order valence-corrected chi connectivity index (χ2v) is 5.79. The van der Waals surface area contributed by atoms with Crippen LogP contribution >= 0.6 is 0 Å². The van der Waals surface area contributed by atoms with Crippen molar-refractivity contribution in [3.8, 4) is 0 Å². The first-order chi connectivity index (χ1) is 9.70. The molecule has 120 valence electrons. The van der Waals surface area contributed by atoms with E-state index >= 15 is 0 Å². The highest BCUT2D eigenvalue weighted by Crippen LogP contribution is 2.36. The molecule has 21 heavy (non-hydrogen) atoms. The van der Waals surface area contributed by atoms with Crippen molar-refractivity contribution in [1.29, 1.82) is 0 Å². The summed E-state index contributed by atoms with van der Waals surface area (Å²) in [6.07, 6.45) is -2.62. The standard InChI is InChI=1S/C16H25F3N2/c1-5-12(6-2)21(10-11(3)4)13-7-8-15(20)14(9-13)16(17,18)19/h7-9,11-12H,5-6,10,20H2,1-4H3. The molecule has 5 heteroatoms. The van der Waals surface area contributed by atoms with Gasteiger partial charge in [0.2, 0.25) is 0 Å². The lowest BCUT2D eigenvalue weighted by molar-refractivity contribution is -0.136. The topological polar surface area (TPSA) is 29.3 Å². The number of halogens is 3. The molecule has 0 aromatic heterocycles. The van der Waals surface area contributed by atoms with Crippen LogP contribution < -0.4 is 10.6 Å². The lowest BCUT2D eigenvalue weighted by Crippen LogP contribution is -2.37. The Kier molecular flexibility index (Phi) is 5.93. The number of nitrogens with two attached hydrogens (primary N) is 1. The van der Waals surface area contributed by atoms with E-state index < -0.39 is 11.7 Å². The summed E-state index contributed by atoms with van der Waals surface area (Å²) in [5.41, 5.74) is 5.10. The van der Waals surface area contributed by atoms with Crippen molar-refractivity contribution >= 4 is 11.4 Å². The number of hydrogen-bond donors (Lipinski definition) is 1. The van der Waals surface area contributed by atoms with E-state index in [1.54, 1.807) is 6.07 Å². The number of rotatable bonds is 6. The molecule has 0 amide bonds. The molecule has 0 saturated carbocycles. The fourth-order valence-electron chi connectivity index (χ4n) is 2.56. The molecule has 0 spiro atoms. The van der Waals surface area contributed by atoms with Gasteiger partial charge < -0.3 is 10.6 Å². The summed E-state index contributed by atoms with van der Waals surface area (Å²) in [6, 6.07) is 4.45. The van der Waals surface area contributed by atoms with Crippen molar-refractivity contribution in [3.63, 3.8) is 0 Å². The normalized spacial score (nSPS) is 12.2. The molecule has 1 aromatic carbocycles. The molecule has 0 bridgehead atoms. The maximum atomic E-state index is 13.0. The molecule has 0 aliphatic rings. The number of anilines is 2. The molecule has 0 saturated heterocycles. The van der Waals surface area contributed by atoms with E-state index in [0.717, 1.165) is 19.4 Å². The largest absolute Gasteiger partial charge is 0.418 e. The Morgan fingerprint density at radius 1 is 1.14 bits per heavy atom. The van der Waals surface area contributed by atoms with Gasteiger partial charge in [-0.25, -0.2) is 0 Å². The van der Waals surface area contributed by atoms with Crippen LogP contribution in [-0.2, 0) is 6.18 Å². The van der Waals surface area contributed by atoms with Crippen molar-refractivity contribution in [1.82, 2.24) is 0 Å². The van der Waals surface area contributed by atoms with Crippen LogP contribution in [0.3, 0.4) is 0 Å². The van der Waals surface area contributed by atoms with Gasteiger partial charge in [0.25, 0.3) is 0 Å². The first-order valence-electron chi connectivity index (χ1n) is 7.44. The Hall–Kier alpha value is -1.39. The van der Waals surface area contributed by atoms with E-state index in [1.165, 1.54) is 12.1 Å². The average molecular weight is 302 g/mol. The number of alkyl halides is 3. The molecule has 1 rings (SSSR count). The predicted octanol–water partition coefficient (Wildman–Crippen LogP) is 4.94. The number of hydrogen-bond acceptors (Lipinski definition) is 2. The van der Waals surface area contributed by atoms with Crippen molar-refractivity contribution in [2.24, 2.45) is 5.92 Å². The quantitative estimate of drug-likeness (QED) is 0.754. The Labute approximate surface area is 125 Å². The molecule has 2 nitrogen and oxygen atoms in total. The number of benzene rings is 1. The van der Waals surface area contributed by atoms with E-state index in [-0.39, 0.29) is 11.7 Å². The summed E-state index contributed by atoms with van der Waals surface area (Å²) in [5.74, 6) is 0.373. The zero-order chi connectivity index (χ0) is 16.2. The van der Waals surface area contributed by atoms with Crippen LogP contribution in [0.1, 0.15) is 46.1 Å². The van der Waals surface area contributed by atoms with Crippen LogP contribution in [0.5, 0.6) is 0 Å². The summed E-state index contributed by atoms with van der Waals surface area (Å²) < 4.78 is 39.1. The van der Waals surface area contributed by atoms with Crippen molar-refractivity contribution in [2.45, 2.75) is 52.8 Å². The van der Waals surface area contributed by atoms with E-state index in [2.05, 4.69) is 32.6 Å². The van der Waals surface area contributed by atoms with Gasteiger partial charge in [0.05, 0.1) is 5.56 Å². The van der Waals surface area contributed by atoms with Crippen LogP contribution in [-0.4, -0.2) is 12.6 Å². The number of nitrogens with zero attached hydrogens (tertiary/aromatic N) is 1. The zero-order valence-electron chi connectivity index (χ0n) is 13.2. The third-order valence-corrected chi connectivity index (χ3v) is 3.62. The van der Waals surface area contributed by atoms with Gasteiger partial charge in [-0.1, -0.05) is 27.7 Å². The minimum atomic E-state index is -4.42.